The largest absolute Gasteiger partial charge is 0.234 e. The molecule has 4 aliphatic rings. The van der Waals surface area contributed by atoms with Crippen LogP contribution in [0.2, 0.25) is 0 Å². The number of rotatable bonds is 0. The topological polar surface area (TPSA) is 6.48 Å². The normalized spacial score (nSPS) is 33.5. The van der Waals surface area contributed by atoms with Crippen LogP contribution in [-0.4, -0.2) is 22.1 Å². The second kappa shape index (κ2) is 3.31. The molecule has 0 N–H and O–H groups in total. The molecule has 1 aromatic rings. The number of nitrogens with zero attached hydrogens (tertiary/aromatic N) is 2. The van der Waals surface area contributed by atoms with E-state index in [0.717, 1.165) is 25.2 Å². The van der Waals surface area contributed by atoms with Crippen LogP contribution in [-0.2, 0) is 13.1 Å². The van der Waals surface area contributed by atoms with E-state index in [1.807, 2.05) is 0 Å². The summed E-state index contributed by atoms with van der Waals surface area (Å²) in [5.74, 6) is 0. The smallest absolute Gasteiger partial charge is 0.0390 e. The van der Waals surface area contributed by atoms with Crippen molar-refractivity contribution in [3.63, 3.8) is 0 Å². The number of hydrogen-bond donors (Lipinski definition) is 0. The molecule has 0 unspecified atom stereocenters. The zero-order valence-electron chi connectivity index (χ0n) is 9.60. The van der Waals surface area contributed by atoms with Crippen LogP contribution in [0, 0.1) is 0 Å². The Balaban J connectivity index is 1.73. The van der Waals surface area contributed by atoms with E-state index >= 15 is 0 Å². The fraction of sp³-hybridized carbons (Fsp3) is 0.571. The van der Waals surface area contributed by atoms with Gasteiger partial charge in [0.2, 0.25) is 0 Å². The van der Waals surface area contributed by atoms with E-state index in [4.69, 9.17) is 0 Å². The van der Waals surface area contributed by atoms with Gasteiger partial charge in [0.15, 0.2) is 0 Å². The van der Waals surface area contributed by atoms with Gasteiger partial charge in [-0.1, -0.05) is 24.3 Å². The summed E-state index contributed by atoms with van der Waals surface area (Å²) in [5.41, 5.74) is 3.10. The van der Waals surface area contributed by atoms with Crippen molar-refractivity contribution < 1.29 is 0 Å². The van der Waals surface area contributed by atoms with Crippen molar-refractivity contribution in [2.75, 3.05) is 0 Å². The first-order valence-electron chi connectivity index (χ1n) is 6.52. The first-order chi connectivity index (χ1) is 7.92. The van der Waals surface area contributed by atoms with E-state index < -0.39 is 0 Å². The lowest BCUT2D eigenvalue weighted by Gasteiger charge is -2.55. The zero-order valence-corrected chi connectivity index (χ0v) is 9.60. The minimum absolute atomic E-state index is 0.832. The summed E-state index contributed by atoms with van der Waals surface area (Å²) in [5, 5.41) is 5.31. The molecule has 2 saturated heterocycles. The third kappa shape index (κ3) is 1.20. The third-order valence-electron chi connectivity index (χ3n) is 4.62. The maximum absolute atomic E-state index is 2.65. The highest BCUT2D eigenvalue weighted by Crippen LogP contribution is 2.39. The van der Waals surface area contributed by atoms with Gasteiger partial charge in [0, 0.05) is 25.2 Å². The molecule has 2 nitrogen and oxygen atoms in total. The van der Waals surface area contributed by atoms with E-state index in [1.54, 1.807) is 11.1 Å². The summed E-state index contributed by atoms with van der Waals surface area (Å²) in [6, 6.07) is 10.6. The summed E-state index contributed by atoms with van der Waals surface area (Å²) in [6.07, 6.45) is 5.68. The molecule has 1 aliphatic carbocycles. The molecular formula is C14H18N2. The molecule has 1 aromatic carbocycles. The lowest BCUT2D eigenvalue weighted by atomic mass is 9.85. The van der Waals surface area contributed by atoms with Crippen molar-refractivity contribution in [2.45, 2.75) is 50.9 Å². The van der Waals surface area contributed by atoms with E-state index in [9.17, 15) is 0 Å². The Morgan fingerprint density at radius 1 is 0.750 bits per heavy atom. The van der Waals surface area contributed by atoms with Crippen molar-refractivity contribution in [2.24, 2.45) is 0 Å². The summed E-state index contributed by atoms with van der Waals surface area (Å²) in [4.78, 5) is 0. The van der Waals surface area contributed by atoms with Crippen molar-refractivity contribution in [1.29, 1.82) is 0 Å². The monoisotopic (exact) mass is 214 g/mol. The van der Waals surface area contributed by atoms with Gasteiger partial charge in [0.05, 0.1) is 0 Å². The first-order valence-corrected chi connectivity index (χ1v) is 6.52. The van der Waals surface area contributed by atoms with E-state index in [-0.39, 0.29) is 0 Å². The van der Waals surface area contributed by atoms with Gasteiger partial charge in [-0.05, 0) is 36.8 Å². The molecule has 0 aromatic heterocycles. The van der Waals surface area contributed by atoms with Crippen LogP contribution in [0.1, 0.15) is 36.8 Å². The molecule has 0 atom stereocenters. The van der Waals surface area contributed by atoms with Gasteiger partial charge < -0.3 is 0 Å². The summed E-state index contributed by atoms with van der Waals surface area (Å²) in [7, 11) is 0. The highest BCUT2D eigenvalue weighted by molar-refractivity contribution is 5.29. The van der Waals surface area contributed by atoms with Gasteiger partial charge in [0.1, 0.15) is 0 Å². The summed E-state index contributed by atoms with van der Waals surface area (Å²) >= 11 is 0. The second-order valence-electron chi connectivity index (χ2n) is 5.43. The average molecular weight is 214 g/mol. The maximum Gasteiger partial charge on any atom is 0.0390 e. The summed E-state index contributed by atoms with van der Waals surface area (Å²) < 4.78 is 0. The molecule has 0 radical (unpaired) electrons. The lowest BCUT2D eigenvalue weighted by Crippen LogP contribution is -2.61. The van der Waals surface area contributed by atoms with Crippen LogP contribution in [0.4, 0.5) is 0 Å². The van der Waals surface area contributed by atoms with Gasteiger partial charge in [-0.2, -0.15) is 0 Å². The molecular weight excluding hydrogens is 196 g/mol. The molecule has 3 fully saturated rings. The fourth-order valence-corrected chi connectivity index (χ4v) is 3.73. The number of benzene rings is 1. The molecule has 3 heterocycles. The van der Waals surface area contributed by atoms with Gasteiger partial charge in [0.25, 0.3) is 0 Å². The molecule has 2 bridgehead atoms. The van der Waals surface area contributed by atoms with Crippen molar-refractivity contribution in [1.82, 2.24) is 10.0 Å². The Morgan fingerprint density at radius 3 is 1.62 bits per heavy atom. The van der Waals surface area contributed by atoms with Gasteiger partial charge in [-0.25, -0.2) is 10.0 Å². The predicted octanol–water partition coefficient (Wildman–Crippen LogP) is 2.54. The molecule has 3 aliphatic heterocycles. The Labute approximate surface area is 96.8 Å². The second-order valence-corrected chi connectivity index (χ2v) is 5.43. The molecule has 16 heavy (non-hydrogen) atoms. The van der Waals surface area contributed by atoms with E-state index in [0.29, 0.717) is 0 Å². The van der Waals surface area contributed by atoms with Crippen LogP contribution < -0.4 is 0 Å². The number of fused-ring (bicyclic) bond motifs is 3. The highest BCUT2D eigenvalue weighted by atomic mass is 15.7. The standard InChI is InChI=1S/C14H18N2/c1-2-4-12-10-16-14-7-5-13(6-8-14)15(16)9-11(12)3-1/h1-4,13-14H,5-10H2. The van der Waals surface area contributed by atoms with Crippen LogP contribution in [0.5, 0.6) is 0 Å². The number of hydrazine groups is 1. The van der Waals surface area contributed by atoms with Crippen molar-refractivity contribution in [3.8, 4) is 0 Å². The Kier molecular flexibility index (Phi) is 1.91. The molecule has 1 saturated carbocycles. The van der Waals surface area contributed by atoms with Crippen LogP contribution in [0.15, 0.2) is 24.3 Å². The van der Waals surface area contributed by atoms with E-state index in [1.165, 1.54) is 25.7 Å². The van der Waals surface area contributed by atoms with Crippen LogP contribution in [0.25, 0.3) is 0 Å². The predicted molar refractivity (Wildman–Crippen MR) is 63.6 cm³/mol. The third-order valence-corrected chi connectivity index (χ3v) is 4.62. The van der Waals surface area contributed by atoms with Crippen molar-refractivity contribution in [3.05, 3.63) is 35.4 Å². The minimum Gasteiger partial charge on any atom is -0.234 e. The van der Waals surface area contributed by atoms with Crippen molar-refractivity contribution >= 4 is 0 Å². The molecule has 5 rings (SSSR count). The van der Waals surface area contributed by atoms with E-state index in [2.05, 4.69) is 34.3 Å². The number of hydrogen-bond acceptors (Lipinski definition) is 2. The Morgan fingerprint density at radius 2 is 1.19 bits per heavy atom. The molecule has 2 heteroatoms. The lowest BCUT2D eigenvalue weighted by molar-refractivity contribution is -0.177. The van der Waals surface area contributed by atoms with Gasteiger partial charge in [-0.3, -0.25) is 0 Å². The average Bonchev–Trinajstić information content (AvgIpc) is 2.38. The zero-order chi connectivity index (χ0) is 10.5. The highest BCUT2D eigenvalue weighted by Gasteiger charge is 2.41. The first kappa shape index (κ1) is 9.20. The maximum atomic E-state index is 2.65. The Hall–Kier alpha value is -0.860. The molecule has 0 amide bonds. The molecule has 0 spiro atoms. The SMILES string of the molecule is c1ccc2c(c1)CN1C3CCC(CC3)N1C2. The summed E-state index contributed by atoms with van der Waals surface area (Å²) in [6.45, 7) is 2.30. The molecule has 84 valence electrons. The minimum atomic E-state index is 0.832. The quantitative estimate of drug-likeness (QED) is 0.655. The van der Waals surface area contributed by atoms with Crippen LogP contribution in [0.3, 0.4) is 0 Å². The van der Waals surface area contributed by atoms with Gasteiger partial charge in [-0.15, -0.1) is 0 Å². The Bertz CT molecular complexity index is 368. The van der Waals surface area contributed by atoms with Crippen LogP contribution >= 0.6 is 0 Å². The fourth-order valence-electron chi connectivity index (χ4n) is 3.73. The van der Waals surface area contributed by atoms with Gasteiger partial charge >= 0.3 is 0 Å².